The van der Waals surface area contributed by atoms with E-state index in [1.807, 2.05) is 0 Å². The average Bonchev–Trinajstić information content (AvgIpc) is 2.64. The van der Waals surface area contributed by atoms with Crippen molar-refractivity contribution in [3.05, 3.63) is 46.4 Å². The molecular weight excluding hydrogens is 332 g/mol. The summed E-state index contributed by atoms with van der Waals surface area (Å²) >= 11 is 0. The highest BCUT2D eigenvalue weighted by Crippen LogP contribution is 2.18. The summed E-state index contributed by atoms with van der Waals surface area (Å²) in [4.78, 5) is 31.6. The number of benzene rings is 1. The Hall–Kier alpha value is -2.83. The summed E-state index contributed by atoms with van der Waals surface area (Å²) in [5.74, 6) is 0.964. The molecule has 2 heterocycles. The molecule has 0 spiro atoms. The van der Waals surface area contributed by atoms with Gasteiger partial charge in [0.15, 0.2) is 0 Å². The van der Waals surface area contributed by atoms with Gasteiger partial charge in [0, 0.05) is 36.6 Å². The first-order valence-corrected chi connectivity index (χ1v) is 8.84. The zero-order valence-corrected chi connectivity index (χ0v) is 15.2. The fourth-order valence-electron chi connectivity index (χ4n) is 3.13. The Balaban J connectivity index is 1.81. The van der Waals surface area contributed by atoms with Crippen molar-refractivity contribution >= 4 is 17.5 Å². The molecule has 1 saturated heterocycles. The van der Waals surface area contributed by atoms with E-state index in [1.54, 1.807) is 38.3 Å². The molecule has 1 N–H and O–H groups in total. The Kier molecular flexibility index (Phi) is 5.55. The van der Waals surface area contributed by atoms with Gasteiger partial charge in [0.2, 0.25) is 11.9 Å². The van der Waals surface area contributed by atoms with Crippen molar-refractivity contribution in [3.8, 4) is 5.75 Å². The van der Waals surface area contributed by atoms with E-state index >= 15 is 0 Å². The van der Waals surface area contributed by atoms with Gasteiger partial charge in [-0.15, -0.1) is 0 Å². The molecular formula is C19H24N4O3. The summed E-state index contributed by atoms with van der Waals surface area (Å²) < 4.78 is 6.61. The van der Waals surface area contributed by atoms with Crippen molar-refractivity contribution in [1.29, 1.82) is 0 Å². The minimum atomic E-state index is -0.274. The number of hydrogen-bond donors (Lipinski definition) is 1. The third kappa shape index (κ3) is 4.22. The van der Waals surface area contributed by atoms with E-state index in [-0.39, 0.29) is 18.0 Å². The summed E-state index contributed by atoms with van der Waals surface area (Å²) in [6, 6.07) is 8.58. The minimum Gasteiger partial charge on any atom is -0.497 e. The van der Waals surface area contributed by atoms with E-state index in [0.717, 1.165) is 25.9 Å². The van der Waals surface area contributed by atoms with Gasteiger partial charge in [0.1, 0.15) is 12.3 Å². The lowest BCUT2D eigenvalue weighted by atomic mass is 10.1. The predicted molar refractivity (Wildman–Crippen MR) is 101 cm³/mol. The number of carbonyl (C=O) groups excluding carboxylic acids is 1. The van der Waals surface area contributed by atoms with Crippen molar-refractivity contribution in [2.75, 3.05) is 30.4 Å². The number of rotatable bonds is 5. The molecule has 1 amide bonds. The Morgan fingerprint density at radius 3 is 2.73 bits per heavy atom. The van der Waals surface area contributed by atoms with Crippen molar-refractivity contribution in [2.45, 2.75) is 32.7 Å². The second kappa shape index (κ2) is 8.03. The first kappa shape index (κ1) is 18.0. The quantitative estimate of drug-likeness (QED) is 0.889. The lowest BCUT2D eigenvalue weighted by Gasteiger charge is -2.29. The maximum absolute atomic E-state index is 12.5. The second-order valence-electron chi connectivity index (χ2n) is 6.45. The van der Waals surface area contributed by atoms with Gasteiger partial charge in [0.25, 0.3) is 5.56 Å². The van der Waals surface area contributed by atoms with Gasteiger partial charge in [-0.05, 0) is 38.3 Å². The van der Waals surface area contributed by atoms with Crippen molar-refractivity contribution in [1.82, 2.24) is 9.55 Å². The number of nitrogens with one attached hydrogen (secondary N) is 1. The largest absolute Gasteiger partial charge is 0.497 e. The Labute approximate surface area is 152 Å². The number of methoxy groups -OCH3 is 1. The highest BCUT2D eigenvalue weighted by Gasteiger charge is 2.19. The number of aryl methyl sites for hydroxylation is 1. The monoisotopic (exact) mass is 356 g/mol. The molecule has 0 unspecified atom stereocenters. The van der Waals surface area contributed by atoms with Gasteiger partial charge in [-0.25, -0.2) is 4.98 Å². The van der Waals surface area contributed by atoms with Gasteiger partial charge in [-0.2, -0.15) is 0 Å². The van der Waals surface area contributed by atoms with Crippen molar-refractivity contribution in [2.24, 2.45) is 0 Å². The maximum Gasteiger partial charge on any atom is 0.255 e. The standard InChI is InChI=1S/C19H24N4O3/c1-14-11-18(25)23(19(20-14)22-9-4-3-5-10-22)13-17(24)21-15-7-6-8-16(12-15)26-2/h6-8,11-12H,3-5,9-10,13H2,1-2H3,(H,21,24). The van der Waals surface area contributed by atoms with Crippen LogP contribution in [0.3, 0.4) is 0 Å². The van der Waals surface area contributed by atoms with Crippen LogP contribution < -0.4 is 20.5 Å². The van der Waals surface area contributed by atoms with Gasteiger partial charge in [-0.3, -0.25) is 14.2 Å². The number of hydrogen-bond acceptors (Lipinski definition) is 5. The minimum absolute atomic E-state index is 0.0742. The zero-order chi connectivity index (χ0) is 18.5. The van der Waals surface area contributed by atoms with Crippen LogP contribution in [0.1, 0.15) is 25.0 Å². The van der Waals surface area contributed by atoms with Crippen LogP contribution in [-0.4, -0.2) is 35.7 Å². The molecule has 7 nitrogen and oxygen atoms in total. The van der Waals surface area contributed by atoms with Gasteiger partial charge >= 0.3 is 0 Å². The smallest absolute Gasteiger partial charge is 0.255 e. The molecule has 3 rings (SSSR count). The maximum atomic E-state index is 12.5. The lowest BCUT2D eigenvalue weighted by Crippen LogP contribution is -2.38. The number of ether oxygens (including phenoxy) is 1. The zero-order valence-electron chi connectivity index (χ0n) is 15.2. The molecule has 2 aromatic rings. The van der Waals surface area contributed by atoms with Crippen molar-refractivity contribution in [3.63, 3.8) is 0 Å². The van der Waals surface area contributed by atoms with Crippen LogP contribution in [0.15, 0.2) is 35.1 Å². The molecule has 7 heteroatoms. The number of amides is 1. The molecule has 0 aliphatic carbocycles. The van der Waals surface area contributed by atoms with Crippen LogP contribution in [0.4, 0.5) is 11.6 Å². The molecule has 1 aliphatic heterocycles. The SMILES string of the molecule is COc1cccc(NC(=O)Cn2c(N3CCCCC3)nc(C)cc2=O)c1. The molecule has 1 aliphatic rings. The Morgan fingerprint density at radius 2 is 2.00 bits per heavy atom. The number of piperidine rings is 1. The van der Waals surface area contributed by atoms with Crippen molar-refractivity contribution < 1.29 is 9.53 Å². The number of nitrogens with zero attached hydrogens (tertiary/aromatic N) is 3. The average molecular weight is 356 g/mol. The van der Waals surface area contributed by atoms with E-state index in [0.29, 0.717) is 23.1 Å². The molecule has 26 heavy (non-hydrogen) atoms. The van der Waals surface area contributed by atoms with Crippen LogP contribution >= 0.6 is 0 Å². The van der Waals surface area contributed by atoms with Crippen LogP contribution in [0.2, 0.25) is 0 Å². The van der Waals surface area contributed by atoms with E-state index in [4.69, 9.17) is 4.74 Å². The molecule has 0 saturated carbocycles. The highest BCUT2D eigenvalue weighted by molar-refractivity contribution is 5.90. The normalized spacial score (nSPS) is 14.2. The summed E-state index contributed by atoms with van der Waals surface area (Å²) in [6.07, 6.45) is 3.32. The Morgan fingerprint density at radius 1 is 1.23 bits per heavy atom. The number of aromatic nitrogens is 2. The second-order valence-corrected chi connectivity index (χ2v) is 6.45. The third-order valence-electron chi connectivity index (χ3n) is 4.41. The van der Waals surface area contributed by atoms with Crippen LogP contribution in [-0.2, 0) is 11.3 Å². The van der Waals surface area contributed by atoms with Crippen LogP contribution in [0.25, 0.3) is 0 Å². The van der Waals surface area contributed by atoms with E-state index in [1.165, 1.54) is 17.1 Å². The summed E-state index contributed by atoms with van der Waals surface area (Å²) in [6.45, 7) is 3.44. The van der Waals surface area contributed by atoms with Gasteiger partial charge < -0.3 is 15.0 Å². The first-order valence-electron chi connectivity index (χ1n) is 8.84. The fraction of sp³-hybridized carbons (Fsp3) is 0.421. The number of carbonyl (C=O) groups is 1. The van der Waals surface area contributed by atoms with Crippen LogP contribution in [0.5, 0.6) is 5.75 Å². The molecule has 0 radical (unpaired) electrons. The van der Waals surface area contributed by atoms with Crippen LogP contribution in [0, 0.1) is 6.92 Å². The molecule has 0 bridgehead atoms. The molecule has 1 aromatic carbocycles. The first-order chi connectivity index (χ1) is 12.6. The summed E-state index contributed by atoms with van der Waals surface area (Å²) in [5.41, 5.74) is 1.08. The summed E-state index contributed by atoms with van der Waals surface area (Å²) in [5, 5.41) is 2.81. The summed E-state index contributed by atoms with van der Waals surface area (Å²) in [7, 11) is 1.57. The highest BCUT2D eigenvalue weighted by atomic mass is 16.5. The topological polar surface area (TPSA) is 76.5 Å². The van der Waals surface area contributed by atoms with E-state index in [2.05, 4.69) is 15.2 Å². The van der Waals surface area contributed by atoms with E-state index < -0.39 is 0 Å². The van der Waals surface area contributed by atoms with Gasteiger partial charge in [-0.1, -0.05) is 6.07 Å². The fourth-order valence-corrected chi connectivity index (χ4v) is 3.13. The van der Waals surface area contributed by atoms with Gasteiger partial charge in [0.05, 0.1) is 7.11 Å². The molecule has 1 aromatic heterocycles. The molecule has 0 atom stereocenters. The lowest BCUT2D eigenvalue weighted by molar-refractivity contribution is -0.116. The number of anilines is 2. The van der Waals surface area contributed by atoms with E-state index in [9.17, 15) is 9.59 Å². The predicted octanol–water partition coefficient (Wildman–Crippen LogP) is 2.19. The molecule has 138 valence electrons. The molecule has 1 fully saturated rings. The third-order valence-corrected chi connectivity index (χ3v) is 4.41. The Bertz CT molecular complexity index is 841.